The van der Waals surface area contributed by atoms with Crippen LogP contribution in [0.25, 0.3) is 0 Å². The Morgan fingerprint density at radius 2 is 1.81 bits per heavy atom. The molecule has 1 aromatic carbocycles. The van der Waals surface area contributed by atoms with E-state index >= 15 is 0 Å². The molecule has 1 unspecified atom stereocenters. The van der Waals surface area contributed by atoms with Gasteiger partial charge in [0.15, 0.2) is 6.61 Å². The highest BCUT2D eigenvalue weighted by atomic mass is 35.5. The van der Waals surface area contributed by atoms with Crippen LogP contribution in [0.1, 0.15) is 25.1 Å². The van der Waals surface area contributed by atoms with E-state index in [0.717, 1.165) is 0 Å². The SMILES string of the molecule is CC(NC(=O)CCOc1ccc(Cl)cc1)c1ccc(OCC(F)(F)F)cn1. The molecule has 2 aromatic rings. The van der Waals surface area contributed by atoms with E-state index < -0.39 is 18.8 Å². The molecular formula is C18H18ClF3N2O3. The van der Waals surface area contributed by atoms with Crippen molar-refractivity contribution >= 4 is 17.5 Å². The van der Waals surface area contributed by atoms with Crippen LogP contribution in [0.5, 0.6) is 11.5 Å². The molecule has 0 aliphatic heterocycles. The van der Waals surface area contributed by atoms with Crippen molar-refractivity contribution in [3.05, 3.63) is 53.3 Å². The van der Waals surface area contributed by atoms with E-state index in [-0.39, 0.29) is 24.7 Å². The number of benzene rings is 1. The van der Waals surface area contributed by atoms with Gasteiger partial charge in [-0.25, -0.2) is 0 Å². The lowest BCUT2D eigenvalue weighted by atomic mass is 10.2. The van der Waals surface area contributed by atoms with Gasteiger partial charge in [0.25, 0.3) is 0 Å². The molecule has 5 nitrogen and oxygen atoms in total. The lowest BCUT2D eigenvalue weighted by molar-refractivity contribution is -0.153. The summed E-state index contributed by atoms with van der Waals surface area (Å²) in [5.74, 6) is 0.373. The van der Waals surface area contributed by atoms with Gasteiger partial charge in [0.1, 0.15) is 11.5 Å². The summed E-state index contributed by atoms with van der Waals surface area (Å²) in [6, 6.07) is 9.25. The number of pyridine rings is 1. The minimum Gasteiger partial charge on any atom is -0.493 e. The third-order valence-electron chi connectivity index (χ3n) is 3.39. The minimum absolute atomic E-state index is 0.00552. The van der Waals surface area contributed by atoms with E-state index in [1.807, 2.05) is 0 Å². The lowest BCUT2D eigenvalue weighted by Gasteiger charge is -2.14. The highest BCUT2D eigenvalue weighted by Gasteiger charge is 2.28. The van der Waals surface area contributed by atoms with Crippen molar-refractivity contribution in [3.8, 4) is 11.5 Å². The Bertz CT molecular complexity index is 737. The van der Waals surface area contributed by atoms with Crippen molar-refractivity contribution in [2.75, 3.05) is 13.2 Å². The minimum atomic E-state index is -4.41. The van der Waals surface area contributed by atoms with Crippen molar-refractivity contribution in [3.63, 3.8) is 0 Å². The number of nitrogens with zero attached hydrogens (tertiary/aromatic N) is 1. The van der Waals surface area contributed by atoms with E-state index in [1.165, 1.54) is 18.3 Å². The van der Waals surface area contributed by atoms with Crippen LogP contribution < -0.4 is 14.8 Å². The fraction of sp³-hybridized carbons (Fsp3) is 0.333. The van der Waals surface area contributed by atoms with E-state index in [4.69, 9.17) is 16.3 Å². The predicted octanol–water partition coefficient (Wildman–Crippen LogP) is 4.32. The number of carbonyl (C=O) groups is 1. The van der Waals surface area contributed by atoms with Gasteiger partial charge in [0.2, 0.25) is 5.91 Å². The second-order valence-electron chi connectivity index (χ2n) is 5.66. The molecule has 0 saturated heterocycles. The van der Waals surface area contributed by atoms with Crippen LogP contribution in [-0.2, 0) is 4.79 Å². The zero-order valence-electron chi connectivity index (χ0n) is 14.4. The molecule has 9 heteroatoms. The molecule has 146 valence electrons. The number of amides is 1. The number of rotatable bonds is 8. The Morgan fingerprint density at radius 1 is 1.15 bits per heavy atom. The normalized spacial score (nSPS) is 12.3. The van der Waals surface area contributed by atoms with Gasteiger partial charge in [-0.1, -0.05) is 11.6 Å². The van der Waals surface area contributed by atoms with Crippen LogP contribution in [0.2, 0.25) is 5.02 Å². The zero-order valence-corrected chi connectivity index (χ0v) is 15.2. The molecule has 1 heterocycles. The summed E-state index contributed by atoms with van der Waals surface area (Å²) in [6.45, 7) is 0.530. The third kappa shape index (κ3) is 7.74. The van der Waals surface area contributed by atoms with Crippen molar-refractivity contribution in [2.45, 2.75) is 25.6 Å². The molecule has 0 fully saturated rings. The highest BCUT2D eigenvalue weighted by Crippen LogP contribution is 2.19. The molecule has 0 radical (unpaired) electrons. The zero-order chi connectivity index (χ0) is 19.9. The van der Waals surface area contributed by atoms with Crippen molar-refractivity contribution < 1.29 is 27.4 Å². The van der Waals surface area contributed by atoms with Gasteiger partial charge in [-0.15, -0.1) is 0 Å². The summed E-state index contributed by atoms with van der Waals surface area (Å²) in [5.41, 5.74) is 0.501. The Balaban J connectivity index is 1.75. The first-order valence-electron chi connectivity index (χ1n) is 8.06. The Labute approximate surface area is 159 Å². The van der Waals surface area contributed by atoms with Gasteiger partial charge in [-0.3, -0.25) is 9.78 Å². The quantitative estimate of drug-likeness (QED) is 0.714. The number of ether oxygens (including phenoxy) is 2. The van der Waals surface area contributed by atoms with E-state index in [1.54, 1.807) is 31.2 Å². The first-order valence-corrected chi connectivity index (χ1v) is 8.44. The number of hydrogen-bond donors (Lipinski definition) is 1. The number of aromatic nitrogens is 1. The van der Waals surface area contributed by atoms with Crippen LogP contribution in [-0.4, -0.2) is 30.3 Å². The first-order chi connectivity index (χ1) is 12.7. The number of carbonyl (C=O) groups excluding carboxylic acids is 1. The Kier molecular flexibility index (Phi) is 7.29. The van der Waals surface area contributed by atoms with Crippen molar-refractivity contribution in [1.82, 2.24) is 10.3 Å². The fourth-order valence-corrected chi connectivity index (χ4v) is 2.20. The topological polar surface area (TPSA) is 60.5 Å². The van der Waals surface area contributed by atoms with Gasteiger partial charge in [-0.2, -0.15) is 13.2 Å². The molecule has 2 rings (SSSR count). The molecule has 0 aliphatic rings. The van der Waals surface area contributed by atoms with Crippen LogP contribution >= 0.6 is 11.6 Å². The van der Waals surface area contributed by atoms with Gasteiger partial charge >= 0.3 is 6.18 Å². The third-order valence-corrected chi connectivity index (χ3v) is 3.65. The standard InChI is InChI=1S/C18H18ClF3N2O3/c1-12(16-7-6-15(10-23-16)27-11-18(20,21)22)24-17(25)8-9-26-14-4-2-13(19)3-5-14/h2-7,10,12H,8-9,11H2,1H3,(H,24,25). The smallest absolute Gasteiger partial charge is 0.422 e. The number of alkyl halides is 3. The monoisotopic (exact) mass is 402 g/mol. The molecule has 27 heavy (non-hydrogen) atoms. The fourth-order valence-electron chi connectivity index (χ4n) is 2.08. The highest BCUT2D eigenvalue weighted by molar-refractivity contribution is 6.30. The summed E-state index contributed by atoms with van der Waals surface area (Å²) in [5, 5.41) is 3.34. The molecule has 1 atom stereocenters. The van der Waals surface area contributed by atoms with Gasteiger partial charge in [-0.05, 0) is 43.3 Å². The van der Waals surface area contributed by atoms with Crippen LogP contribution in [0.3, 0.4) is 0 Å². The van der Waals surface area contributed by atoms with Crippen molar-refractivity contribution in [2.24, 2.45) is 0 Å². The summed E-state index contributed by atoms with van der Waals surface area (Å²) < 4.78 is 46.4. The molecule has 0 spiro atoms. The van der Waals surface area contributed by atoms with E-state index in [0.29, 0.717) is 16.5 Å². The van der Waals surface area contributed by atoms with E-state index in [9.17, 15) is 18.0 Å². The predicted molar refractivity (Wildman–Crippen MR) is 93.9 cm³/mol. The van der Waals surface area contributed by atoms with Crippen molar-refractivity contribution in [1.29, 1.82) is 0 Å². The molecule has 1 amide bonds. The first kappa shape index (κ1) is 20.8. The van der Waals surface area contributed by atoms with Gasteiger partial charge in [0.05, 0.1) is 31.0 Å². The average molecular weight is 403 g/mol. The molecule has 0 bridgehead atoms. The summed E-state index contributed by atoms with van der Waals surface area (Å²) in [7, 11) is 0. The number of hydrogen-bond acceptors (Lipinski definition) is 4. The second-order valence-corrected chi connectivity index (χ2v) is 6.10. The average Bonchev–Trinajstić information content (AvgIpc) is 2.61. The Hall–Kier alpha value is -2.48. The second kappa shape index (κ2) is 9.45. The maximum atomic E-state index is 12.1. The van der Waals surface area contributed by atoms with Crippen LogP contribution in [0.4, 0.5) is 13.2 Å². The number of nitrogens with one attached hydrogen (secondary N) is 1. The van der Waals surface area contributed by atoms with Gasteiger partial charge < -0.3 is 14.8 Å². The lowest BCUT2D eigenvalue weighted by Crippen LogP contribution is -2.28. The molecule has 0 saturated carbocycles. The molecule has 0 aliphatic carbocycles. The molecule has 1 aromatic heterocycles. The van der Waals surface area contributed by atoms with Gasteiger partial charge in [0, 0.05) is 5.02 Å². The van der Waals surface area contributed by atoms with E-state index in [2.05, 4.69) is 15.0 Å². The maximum absolute atomic E-state index is 12.1. The summed E-state index contributed by atoms with van der Waals surface area (Å²) in [4.78, 5) is 16.0. The maximum Gasteiger partial charge on any atom is 0.422 e. The molecular weight excluding hydrogens is 385 g/mol. The van der Waals surface area contributed by atoms with Crippen LogP contribution in [0, 0.1) is 0 Å². The number of halogens is 4. The Morgan fingerprint density at radius 3 is 2.41 bits per heavy atom. The van der Waals surface area contributed by atoms with Crippen LogP contribution in [0.15, 0.2) is 42.6 Å². The molecule has 1 N–H and O–H groups in total. The largest absolute Gasteiger partial charge is 0.493 e. The summed E-state index contributed by atoms with van der Waals surface area (Å²) >= 11 is 5.78. The summed E-state index contributed by atoms with van der Waals surface area (Å²) in [6.07, 6.45) is -3.08.